The molecule has 0 spiro atoms. The number of hydrogen-bond donors (Lipinski definition) is 1. The summed E-state index contributed by atoms with van der Waals surface area (Å²) in [5, 5.41) is 7.40. The number of nitrogens with one attached hydrogen (secondary N) is 1. The molecule has 1 aliphatic heterocycles. The molecule has 0 unspecified atom stereocenters. The molecule has 0 saturated carbocycles. The molecule has 2 heterocycles. The van der Waals surface area contributed by atoms with Gasteiger partial charge in [-0.1, -0.05) is 6.07 Å². The molecule has 1 amide bonds. The maximum absolute atomic E-state index is 13.5. The molecule has 4 rings (SSSR count). The minimum absolute atomic E-state index is 0.145. The molecule has 0 radical (unpaired) electrons. The highest BCUT2D eigenvalue weighted by molar-refractivity contribution is 5.94. The third-order valence-electron chi connectivity index (χ3n) is 5.42. The predicted octanol–water partition coefficient (Wildman–Crippen LogP) is 3.65. The molecule has 3 aromatic rings. The van der Waals surface area contributed by atoms with E-state index in [-0.39, 0.29) is 17.8 Å². The van der Waals surface area contributed by atoms with Crippen molar-refractivity contribution in [1.29, 1.82) is 0 Å². The van der Waals surface area contributed by atoms with Crippen molar-refractivity contribution in [1.82, 2.24) is 15.1 Å². The molecular weight excluding hydrogens is 383 g/mol. The fraction of sp³-hybridized carbons (Fsp3) is 0.304. The second-order valence-corrected chi connectivity index (χ2v) is 7.42. The first kappa shape index (κ1) is 20.1. The van der Waals surface area contributed by atoms with Gasteiger partial charge in [0.2, 0.25) is 0 Å². The first-order valence-electron chi connectivity index (χ1n) is 10.1. The van der Waals surface area contributed by atoms with E-state index in [1.54, 1.807) is 23.0 Å². The summed E-state index contributed by atoms with van der Waals surface area (Å²) >= 11 is 0. The van der Waals surface area contributed by atoms with E-state index in [1.165, 1.54) is 12.1 Å². The van der Waals surface area contributed by atoms with Gasteiger partial charge in [-0.3, -0.25) is 4.79 Å². The lowest BCUT2D eigenvalue weighted by atomic mass is 10.1. The third kappa shape index (κ3) is 4.21. The van der Waals surface area contributed by atoms with Crippen molar-refractivity contribution >= 4 is 11.6 Å². The highest BCUT2D eigenvalue weighted by Crippen LogP contribution is 2.22. The summed E-state index contributed by atoms with van der Waals surface area (Å²) in [4.78, 5) is 15.0. The van der Waals surface area contributed by atoms with Gasteiger partial charge in [-0.05, 0) is 56.3 Å². The lowest BCUT2D eigenvalue weighted by Gasteiger charge is -2.28. The molecule has 30 heavy (non-hydrogen) atoms. The van der Waals surface area contributed by atoms with E-state index in [9.17, 15) is 9.18 Å². The molecule has 1 aliphatic rings. The molecule has 156 valence electrons. The van der Waals surface area contributed by atoms with Gasteiger partial charge in [0.15, 0.2) is 0 Å². The van der Waals surface area contributed by atoms with Crippen LogP contribution in [-0.2, 0) is 4.74 Å². The summed E-state index contributed by atoms with van der Waals surface area (Å²) in [6.45, 7) is 6.99. The first-order chi connectivity index (χ1) is 14.5. The van der Waals surface area contributed by atoms with E-state index in [0.29, 0.717) is 11.3 Å². The first-order valence-corrected chi connectivity index (χ1v) is 10.1. The van der Waals surface area contributed by atoms with E-state index in [0.717, 1.165) is 43.2 Å². The van der Waals surface area contributed by atoms with Crippen LogP contribution in [0.5, 0.6) is 0 Å². The van der Waals surface area contributed by atoms with Crippen LogP contribution < -0.4 is 10.2 Å². The van der Waals surface area contributed by atoms with E-state index in [4.69, 9.17) is 4.74 Å². The van der Waals surface area contributed by atoms with Crippen LogP contribution in [0.2, 0.25) is 0 Å². The van der Waals surface area contributed by atoms with Crippen molar-refractivity contribution in [3.8, 4) is 5.69 Å². The minimum atomic E-state index is -0.314. The molecule has 1 aromatic heterocycles. The average Bonchev–Trinajstić information content (AvgIpc) is 3.16. The Morgan fingerprint density at radius 2 is 1.87 bits per heavy atom. The van der Waals surface area contributed by atoms with Crippen molar-refractivity contribution < 1.29 is 13.9 Å². The van der Waals surface area contributed by atoms with Crippen LogP contribution in [0.4, 0.5) is 10.1 Å². The Bertz CT molecular complexity index is 1030. The summed E-state index contributed by atoms with van der Waals surface area (Å²) in [5.74, 6) is -0.459. The Hall–Kier alpha value is -3.19. The molecule has 1 fully saturated rings. The van der Waals surface area contributed by atoms with Crippen molar-refractivity contribution in [3.63, 3.8) is 0 Å². The number of carbonyl (C=O) groups excluding carboxylic acids is 1. The maximum Gasteiger partial charge on any atom is 0.251 e. The van der Waals surface area contributed by atoms with Gasteiger partial charge in [-0.15, -0.1) is 0 Å². The Balaban J connectivity index is 1.45. The number of morpholine rings is 1. The summed E-state index contributed by atoms with van der Waals surface area (Å²) in [6, 6.07) is 13.7. The largest absolute Gasteiger partial charge is 0.378 e. The van der Waals surface area contributed by atoms with Crippen LogP contribution in [0.3, 0.4) is 0 Å². The van der Waals surface area contributed by atoms with Gasteiger partial charge >= 0.3 is 0 Å². The normalized spacial score (nSPS) is 15.1. The number of nitrogens with zero attached hydrogens (tertiary/aromatic N) is 3. The summed E-state index contributed by atoms with van der Waals surface area (Å²) < 4.78 is 20.6. The number of anilines is 1. The molecule has 0 aliphatic carbocycles. The SMILES string of the molecule is Cc1c([C@H](C)NC(=O)c2ccc(N3CCOCC3)cc2)cnn1-c1cccc(F)c1. The average molecular weight is 408 g/mol. The monoisotopic (exact) mass is 408 g/mol. The topological polar surface area (TPSA) is 59.4 Å². The van der Waals surface area contributed by atoms with Gasteiger partial charge in [0.1, 0.15) is 5.82 Å². The number of aromatic nitrogens is 2. The van der Waals surface area contributed by atoms with Crippen LogP contribution in [0.25, 0.3) is 5.69 Å². The minimum Gasteiger partial charge on any atom is -0.378 e. The quantitative estimate of drug-likeness (QED) is 0.700. The summed E-state index contributed by atoms with van der Waals surface area (Å²) in [6.07, 6.45) is 1.71. The van der Waals surface area contributed by atoms with Crippen LogP contribution in [0, 0.1) is 12.7 Å². The Morgan fingerprint density at radius 3 is 2.57 bits per heavy atom. The molecule has 7 heteroatoms. The fourth-order valence-electron chi connectivity index (χ4n) is 3.72. The zero-order chi connectivity index (χ0) is 21.1. The second kappa shape index (κ2) is 8.67. The number of hydrogen-bond acceptors (Lipinski definition) is 4. The second-order valence-electron chi connectivity index (χ2n) is 7.42. The molecule has 1 atom stereocenters. The Morgan fingerprint density at radius 1 is 1.13 bits per heavy atom. The van der Waals surface area contributed by atoms with Crippen LogP contribution in [0.15, 0.2) is 54.7 Å². The third-order valence-corrected chi connectivity index (χ3v) is 5.42. The number of ether oxygens (including phenoxy) is 1. The van der Waals surface area contributed by atoms with Gasteiger partial charge < -0.3 is 15.0 Å². The Labute approximate surface area is 175 Å². The fourth-order valence-corrected chi connectivity index (χ4v) is 3.72. The van der Waals surface area contributed by atoms with Crippen molar-refractivity contribution in [2.45, 2.75) is 19.9 Å². The zero-order valence-corrected chi connectivity index (χ0v) is 17.1. The molecule has 6 nitrogen and oxygen atoms in total. The summed E-state index contributed by atoms with van der Waals surface area (Å²) in [7, 11) is 0. The van der Waals surface area contributed by atoms with Gasteiger partial charge in [-0.25, -0.2) is 9.07 Å². The van der Waals surface area contributed by atoms with Gasteiger partial charge in [0.25, 0.3) is 5.91 Å². The molecule has 1 N–H and O–H groups in total. The van der Waals surface area contributed by atoms with Gasteiger partial charge in [-0.2, -0.15) is 5.10 Å². The highest BCUT2D eigenvalue weighted by Gasteiger charge is 2.18. The maximum atomic E-state index is 13.5. The number of benzene rings is 2. The van der Waals surface area contributed by atoms with E-state index in [1.807, 2.05) is 38.1 Å². The molecule has 0 bridgehead atoms. The lowest BCUT2D eigenvalue weighted by molar-refractivity contribution is 0.0939. The Kier molecular flexibility index (Phi) is 5.81. The van der Waals surface area contributed by atoms with Crippen molar-refractivity contribution in [3.05, 3.63) is 77.4 Å². The number of amides is 1. The van der Waals surface area contributed by atoms with E-state index >= 15 is 0 Å². The van der Waals surface area contributed by atoms with Crippen molar-refractivity contribution in [2.24, 2.45) is 0 Å². The number of carbonyl (C=O) groups is 1. The predicted molar refractivity (Wildman–Crippen MR) is 114 cm³/mol. The van der Waals surface area contributed by atoms with Crippen LogP contribution in [-0.4, -0.2) is 42.0 Å². The highest BCUT2D eigenvalue weighted by atomic mass is 19.1. The van der Waals surface area contributed by atoms with Crippen LogP contribution >= 0.6 is 0 Å². The molecular formula is C23H25FN4O2. The molecule has 2 aromatic carbocycles. The van der Waals surface area contributed by atoms with Crippen LogP contribution in [0.1, 0.15) is 34.6 Å². The number of halogens is 1. The van der Waals surface area contributed by atoms with Crippen molar-refractivity contribution in [2.75, 3.05) is 31.2 Å². The standard InChI is InChI=1S/C23H25FN4O2/c1-16(22-15-25-28(17(22)2)21-5-3-4-19(24)14-21)26-23(29)18-6-8-20(9-7-18)27-10-12-30-13-11-27/h3-9,14-16H,10-13H2,1-2H3,(H,26,29)/t16-/m0/s1. The van der Waals surface area contributed by atoms with Gasteiger partial charge in [0.05, 0.1) is 31.1 Å². The molecule has 1 saturated heterocycles. The van der Waals surface area contributed by atoms with Gasteiger partial charge in [0, 0.05) is 35.6 Å². The smallest absolute Gasteiger partial charge is 0.251 e. The van der Waals surface area contributed by atoms with E-state index < -0.39 is 0 Å². The number of rotatable bonds is 5. The summed E-state index contributed by atoms with van der Waals surface area (Å²) in [5.41, 5.74) is 4.09. The lowest BCUT2D eigenvalue weighted by Crippen LogP contribution is -2.36. The van der Waals surface area contributed by atoms with E-state index in [2.05, 4.69) is 15.3 Å². The zero-order valence-electron chi connectivity index (χ0n) is 17.1.